The fourth-order valence-corrected chi connectivity index (χ4v) is 4.21. The quantitative estimate of drug-likeness (QED) is 0.506. The van der Waals surface area contributed by atoms with Crippen molar-refractivity contribution in [3.8, 4) is 5.75 Å². The third-order valence-electron chi connectivity index (χ3n) is 4.61. The van der Waals surface area contributed by atoms with Gasteiger partial charge < -0.3 is 9.15 Å². The molecule has 1 aliphatic heterocycles. The Labute approximate surface area is 178 Å². The van der Waals surface area contributed by atoms with Crippen molar-refractivity contribution >= 4 is 29.1 Å². The first-order valence-electron chi connectivity index (χ1n) is 9.55. The zero-order chi connectivity index (χ0) is 20.9. The number of aromatic nitrogens is 1. The van der Waals surface area contributed by atoms with Gasteiger partial charge in [-0.15, -0.1) is 11.8 Å². The summed E-state index contributed by atoms with van der Waals surface area (Å²) in [6.07, 6.45) is 4.89. The molecule has 6 nitrogen and oxygen atoms in total. The molecular formula is C23H20N2O4S. The van der Waals surface area contributed by atoms with E-state index in [-0.39, 0.29) is 18.4 Å². The van der Waals surface area contributed by atoms with Crippen LogP contribution in [0.3, 0.4) is 0 Å². The van der Waals surface area contributed by atoms with Gasteiger partial charge in [-0.2, -0.15) is 0 Å². The predicted octanol–water partition coefficient (Wildman–Crippen LogP) is 4.29. The van der Waals surface area contributed by atoms with E-state index in [0.29, 0.717) is 28.4 Å². The molecule has 0 fully saturated rings. The number of rotatable bonds is 8. The minimum absolute atomic E-state index is 0.200. The van der Waals surface area contributed by atoms with Crippen LogP contribution >= 0.6 is 11.8 Å². The number of hydrogen-bond acceptors (Lipinski definition) is 6. The van der Waals surface area contributed by atoms with Crippen LogP contribution in [0.15, 0.2) is 76.5 Å². The highest BCUT2D eigenvalue weighted by Gasteiger charge is 2.39. The van der Waals surface area contributed by atoms with Crippen LogP contribution in [0.1, 0.15) is 23.8 Å². The number of amides is 2. The summed E-state index contributed by atoms with van der Waals surface area (Å²) in [6, 6.07) is 14.5. The second-order valence-corrected chi connectivity index (χ2v) is 7.57. The Morgan fingerprint density at radius 2 is 1.80 bits per heavy atom. The van der Waals surface area contributed by atoms with Crippen molar-refractivity contribution in [1.82, 2.24) is 9.88 Å². The molecular weight excluding hydrogens is 400 g/mol. The number of nitrogens with zero attached hydrogens (tertiary/aromatic N) is 2. The molecule has 4 rings (SSSR count). The van der Waals surface area contributed by atoms with Gasteiger partial charge in [0.2, 0.25) is 0 Å². The molecule has 0 bridgehead atoms. The zero-order valence-corrected chi connectivity index (χ0v) is 17.2. The summed E-state index contributed by atoms with van der Waals surface area (Å²) < 4.78 is 10.9. The van der Waals surface area contributed by atoms with Crippen LogP contribution in [0, 0.1) is 0 Å². The van der Waals surface area contributed by atoms with Crippen molar-refractivity contribution in [3.05, 3.63) is 89.0 Å². The van der Waals surface area contributed by atoms with Crippen molar-refractivity contribution in [2.75, 3.05) is 6.61 Å². The van der Waals surface area contributed by atoms with Gasteiger partial charge in [0.05, 0.1) is 35.6 Å². The molecule has 0 aliphatic carbocycles. The summed E-state index contributed by atoms with van der Waals surface area (Å²) in [7, 11) is 0. The van der Waals surface area contributed by atoms with E-state index in [9.17, 15) is 9.59 Å². The Bertz CT molecular complexity index is 1060. The molecule has 0 unspecified atom stereocenters. The smallest absolute Gasteiger partial charge is 0.268 e. The Balaban J connectivity index is 1.66. The van der Waals surface area contributed by atoms with Crippen molar-refractivity contribution in [2.45, 2.75) is 19.2 Å². The number of carbonyl (C=O) groups excluding carboxylic acids is 2. The molecule has 2 amide bonds. The number of carbonyl (C=O) groups is 2. The van der Waals surface area contributed by atoms with Gasteiger partial charge in [-0.3, -0.25) is 19.5 Å². The molecule has 3 heterocycles. The summed E-state index contributed by atoms with van der Waals surface area (Å²) in [5.74, 6) is 1.33. The van der Waals surface area contributed by atoms with Gasteiger partial charge in [-0.1, -0.05) is 12.1 Å². The molecule has 7 heteroatoms. The summed E-state index contributed by atoms with van der Waals surface area (Å²) in [4.78, 5) is 32.2. The fraction of sp³-hybridized carbons (Fsp3) is 0.174. The second-order valence-electron chi connectivity index (χ2n) is 6.58. The number of furan rings is 1. The molecule has 152 valence electrons. The standard InChI is InChI=1S/C23H20N2O4S/c1-2-28-18-7-5-17(6-8-18)20-21(30-15-19-4-3-13-29-19)23(27)25(22(20)26)14-16-9-11-24-12-10-16/h3-13H,2,14-15H2,1H3. The highest BCUT2D eigenvalue weighted by atomic mass is 32.2. The average Bonchev–Trinajstić information content (AvgIpc) is 3.36. The van der Waals surface area contributed by atoms with E-state index in [1.165, 1.54) is 16.7 Å². The molecule has 2 aromatic heterocycles. The normalized spacial score (nSPS) is 14.0. The fourth-order valence-electron chi connectivity index (χ4n) is 3.18. The van der Waals surface area contributed by atoms with Crippen molar-refractivity contribution < 1.29 is 18.7 Å². The van der Waals surface area contributed by atoms with E-state index in [0.717, 1.165) is 17.1 Å². The monoisotopic (exact) mass is 420 g/mol. The van der Waals surface area contributed by atoms with E-state index in [1.807, 2.05) is 37.3 Å². The number of imide groups is 1. The van der Waals surface area contributed by atoms with E-state index in [4.69, 9.17) is 9.15 Å². The maximum Gasteiger partial charge on any atom is 0.268 e. The van der Waals surface area contributed by atoms with Gasteiger partial charge in [-0.25, -0.2) is 0 Å². The van der Waals surface area contributed by atoms with Gasteiger partial charge in [0.25, 0.3) is 11.8 Å². The maximum absolute atomic E-state index is 13.3. The zero-order valence-electron chi connectivity index (χ0n) is 16.4. The lowest BCUT2D eigenvalue weighted by Gasteiger charge is -2.15. The van der Waals surface area contributed by atoms with Crippen LogP contribution in [0.4, 0.5) is 0 Å². The highest BCUT2D eigenvalue weighted by Crippen LogP contribution is 2.38. The lowest BCUT2D eigenvalue weighted by atomic mass is 10.1. The predicted molar refractivity (Wildman–Crippen MR) is 114 cm³/mol. The first kappa shape index (κ1) is 20.0. The Morgan fingerprint density at radius 3 is 2.47 bits per heavy atom. The molecule has 0 saturated carbocycles. The van der Waals surface area contributed by atoms with Gasteiger partial charge in [-0.05, 0) is 54.4 Å². The number of benzene rings is 1. The molecule has 30 heavy (non-hydrogen) atoms. The summed E-state index contributed by atoms with van der Waals surface area (Å²) in [5, 5.41) is 0. The van der Waals surface area contributed by atoms with Crippen LogP contribution in [0.25, 0.3) is 5.57 Å². The first-order valence-corrected chi connectivity index (χ1v) is 10.5. The number of thioether (sulfide) groups is 1. The third-order valence-corrected chi connectivity index (χ3v) is 5.70. The van der Waals surface area contributed by atoms with E-state index < -0.39 is 0 Å². The van der Waals surface area contributed by atoms with Crippen LogP contribution < -0.4 is 4.74 Å². The lowest BCUT2D eigenvalue weighted by molar-refractivity contribution is -0.137. The largest absolute Gasteiger partial charge is 0.494 e. The molecule has 1 aromatic carbocycles. The van der Waals surface area contributed by atoms with Crippen molar-refractivity contribution in [3.63, 3.8) is 0 Å². The van der Waals surface area contributed by atoms with Crippen LogP contribution in [-0.2, 0) is 21.9 Å². The summed E-state index contributed by atoms with van der Waals surface area (Å²) >= 11 is 1.32. The average molecular weight is 420 g/mol. The van der Waals surface area contributed by atoms with Gasteiger partial charge in [0.1, 0.15) is 11.5 Å². The third kappa shape index (κ3) is 4.16. The summed E-state index contributed by atoms with van der Waals surface area (Å²) in [5.41, 5.74) is 1.94. The highest BCUT2D eigenvalue weighted by molar-refractivity contribution is 8.03. The van der Waals surface area contributed by atoms with Gasteiger partial charge in [0, 0.05) is 12.4 Å². The number of hydrogen-bond donors (Lipinski definition) is 0. The van der Waals surface area contributed by atoms with E-state index in [2.05, 4.69) is 4.98 Å². The first-order chi connectivity index (χ1) is 14.7. The molecule has 0 N–H and O–H groups in total. The molecule has 1 aliphatic rings. The SMILES string of the molecule is CCOc1ccc(C2=C(SCc3ccco3)C(=O)N(Cc3ccncc3)C2=O)cc1. The minimum Gasteiger partial charge on any atom is -0.494 e. The van der Waals surface area contributed by atoms with Crippen LogP contribution in [0.2, 0.25) is 0 Å². The van der Waals surface area contributed by atoms with Gasteiger partial charge >= 0.3 is 0 Å². The van der Waals surface area contributed by atoms with Crippen LogP contribution in [-0.4, -0.2) is 28.3 Å². The Morgan fingerprint density at radius 1 is 1.03 bits per heavy atom. The van der Waals surface area contributed by atoms with Crippen molar-refractivity contribution in [1.29, 1.82) is 0 Å². The van der Waals surface area contributed by atoms with E-state index in [1.54, 1.807) is 36.9 Å². The molecule has 0 saturated heterocycles. The number of pyridine rings is 1. The molecule has 0 spiro atoms. The Hall–Kier alpha value is -3.32. The minimum atomic E-state index is -0.303. The number of ether oxygens (including phenoxy) is 1. The van der Waals surface area contributed by atoms with Gasteiger partial charge in [0.15, 0.2) is 0 Å². The topological polar surface area (TPSA) is 72.6 Å². The molecule has 0 atom stereocenters. The van der Waals surface area contributed by atoms with Crippen molar-refractivity contribution in [2.24, 2.45) is 0 Å². The molecule has 0 radical (unpaired) electrons. The van der Waals surface area contributed by atoms with Crippen LogP contribution in [0.5, 0.6) is 5.75 Å². The second kappa shape index (κ2) is 9.00. The van der Waals surface area contributed by atoms with E-state index >= 15 is 0 Å². The Kier molecular flexibility index (Phi) is 5.99. The molecule has 3 aromatic rings. The lowest BCUT2D eigenvalue weighted by Crippen LogP contribution is -2.30. The maximum atomic E-state index is 13.3. The summed E-state index contributed by atoms with van der Waals surface area (Å²) in [6.45, 7) is 2.67.